The molecular weight excluding hydrogens is 691 g/mol. The number of rotatable bonds is 11. The van der Waals surface area contributed by atoms with Crippen molar-refractivity contribution in [3.8, 4) is 16.9 Å². The molecule has 1 heterocycles. The highest BCUT2D eigenvalue weighted by Crippen LogP contribution is 2.25. The van der Waals surface area contributed by atoms with Crippen LogP contribution in [-0.2, 0) is 30.2 Å². The second kappa shape index (κ2) is 26.3. The summed E-state index contributed by atoms with van der Waals surface area (Å²) in [6.07, 6.45) is 6.44. The fourth-order valence-corrected chi connectivity index (χ4v) is 5.11. The van der Waals surface area contributed by atoms with Crippen LogP contribution in [0.15, 0.2) is 98.1 Å². The van der Waals surface area contributed by atoms with Crippen LogP contribution in [0.4, 0.5) is 5.69 Å². The van der Waals surface area contributed by atoms with Gasteiger partial charge in [-0.3, -0.25) is 19.1 Å². The average Bonchev–Trinajstić information content (AvgIpc) is 4.13. The van der Waals surface area contributed by atoms with Gasteiger partial charge in [0.2, 0.25) is 19.2 Å². The van der Waals surface area contributed by atoms with Crippen molar-refractivity contribution in [3.63, 3.8) is 0 Å². The topological polar surface area (TPSA) is 129 Å². The average molecular weight is 752 g/mol. The number of carbonyl (C=O) groups excluding carboxylic acids is 3. The molecule has 2 aliphatic carbocycles. The molecule has 11 nitrogen and oxygen atoms in total. The standard InChI is InChI=1S/C13H21NO.C12H10.C6H12N2O2.C4H7NO2S.C4H7NO.C2H4/c1-10(13(2,3)4)14-11-7-6-8-12(9-11)15-5;1-3-7-11(8-4-1)12-9-5-2-6-10-12;1-6-3-8(10-2)4-7(6)5-9;6-3-5-8(7)4-1-2-4;6-3-5-4-1-2-4;1-2/h6-10,14H,1-5H3;1-10H;5-6H,3-4H2,1-2H3;3-4H,1-2H2,(H,5,6);3-4H,1-2H2,(H,5,6);1-2H2/t10-;;6-;;;/m0.1.../s1. The molecule has 292 valence electrons. The first kappa shape index (κ1) is 46.5. The number of benzene rings is 3. The van der Waals surface area contributed by atoms with E-state index in [2.05, 4.69) is 111 Å². The number of carbonyl (C=O) groups is 3. The van der Waals surface area contributed by atoms with Crippen LogP contribution in [0.3, 0.4) is 0 Å². The Bertz CT molecular complexity index is 1410. The first-order valence-electron chi connectivity index (χ1n) is 17.8. The molecule has 0 aromatic heterocycles. The van der Waals surface area contributed by atoms with E-state index in [1.807, 2.05) is 37.3 Å². The smallest absolute Gasteiger partial charge is 0.218 e. The van der Waals surface area contributed by atoms with Gasteiger partial charge in [-0.05, 0) is 68.2 Å². The molecule has 3 atom stereocenters. The lowest BCUT2D eigenvalue weighted by atomic mass is 9.88. The molecule has 3 N–H and O–H groups in total. The van der Waals surface area contributed by atoms with Gasteiger partial charge in [-0.15, -0.1) is 13.2 Å². The summed E-state index contributed by atoms with van der Waals surface area (Å²) in [5.74, 6) is 0.890. The van der Waals surface area contributed by atoms with Crippen molar-refractivity contribution in [3.05, 3.63) is 98.1 Å². The van der Waals surface area contributed by atoms with Crippen molar-refractivity contribution in [2.24, 2.45) is 5.41 Å². The third kappa shape index (κ3) is 20.3. The second-order valence-corrected chi connectivity index (χ2v) is 14.9. The summed E-state index contributed by atoms with van der Waals surface area (Å²) >= 11 is 0. The Morgan fingerprint density at radius 1 is 0.849 bits per heavy atom. The minimum absolute atomic E-state index is 0.250. The molecule has 2 saturated carbocycles. The highest BCUT2D eigenvalue weighted by atomic mass is 32.2. The zero-order valence-electron chi connectivity index (χ0n) is 32.5. The van der Waals surface area contributed by atoms with E-state index in [1.165, 1.54) is 24.0 Å². The molecule has 3 fully saturated rings. The second-order valence-electron chi connectivity index (χ2n) is 13.4. The molecule has 1 unspecified atom stereocenters. The molecule has 0 radical (unpaired) electrons. The quantitative estimate of drug-likeness (QED) is 0.144. The van der Waals surface area contributed by atoms with Crippen LogP contribution in [0.25, 0.3) is 11.1 Å². The summed E-state index contributed by atoms with van der Waals surface area (Å²) in [5, 5.41) is 8.11. The molecule has 0 bridgehead atoms. The lowest BCUT2D eigenvalue weighted by molar-refractivity contribution is -0.133. The highest BCUT2D eigenvalue weighted by Gasteiger charge is 2.28. The Balaban J connectivity index is 0.000000336. The van der Waals surface area contributed by atoms with E-state index in [4.69, 9.17) is 9.57 Å². The number of nitrogens with one attached hydrogen (secondary N) is 3. The lowest BCUT2D eigenvalue weighted by Crippen LogP contribution is -2.30. The van der Waals surface area contributed by atoms with Crippen molar-refractivity contribution in [1.82, 2.24) is 20.0 Å². The number of methoxy groups -OCH3 is 1. The van der Waals surface area contributed by atoms with Crippen molar-refractivity contribution in [1.29, 1.82) is 0 Å². The normalized spacial score (nSPS) is 16.8. The van der Waals surface area contributed by atoms with E-state index in [9.17, 15) is 18.6 Å². The molecule has 3 amide bonds. The first-order chi connectivity index (χ1) is 25.4. The van der Waals surface area contributed by atoms with E-state index in [-0.39, 0.29) is 16.7 Å². The van der Waals surface area contributed by atoms with Crippen molar-refractivity contribution < 1.29 is 28.2 Å². The fraction of sp³-hybridized carbons (Fsp3) is 0.439. The SMILES string of the molecule is C=C.CON1C[C@@H](C)N(C=O)C1.COc1cccc(N[C@@H](C)C(C)(C)C)c1.O=CNC1CC1.O=CNS(=O)C1CC1.c1ccc(-c2ccccc2)cc1. The van der Waals surface area contributed by atoms with E-state index in [1.54, 1.807) is 24.2 Å². The van der Waals surface area contributed by atoms with E-state index < -0.39 is 11.0 Å². The summed E-state index contributed by atoms with van der Waals surface area (Å²) in [6.45, 7) is 18.3. The van der Waals surface area contributed by atoms with Gasteiger partial charge >= 0.3 is 0 Å². The Morgan fingerprint density at radius 2 is 1.42 bits per heavy atom. The number of ether oxygens (including phenoxy) is 1. The molecule has 3 aromatic rings. The minimum atomic E-state index is -1.08. The summed E-state index contributed by atoms with van der Waals surface area (Å²) < 4.78 is 18.0. The summed E-state index contributed by atoms with van der Waals surface area (Å²) in [7, 11) is 2.22. The zero-order valence-corrected chi connectivity index (χ0v) is 33.3. The van der Waals surface area contributed by atoms with Crippen LogP contribution in [-0.4, -0.2) is 84.2 Å². The number of hydroxylamine groups is 2. The lowest BCUT2D eigenvalue weighted by Gasteiger charge is -2.29. The van der Waals surface area contributed by atoms with E-state index in [0.29, 0.717) is 25.2 Å². The minimum Gasteiger partial charge on any atom is -0.497 e. The molecule has 12 heteroatoms. The number of anilines is 1. The molecule has 0 spiro atoms. The van der Waals surface area contributed by atoms with E-state index in [0.717, 1.165) is 43.6 Å². The molecule has 1 aliphatic heterocycles. The van der Waals surface area contributed by atoms with Gasteiger partial charge in [0.15, 0.2) is 0 Å². The monoisotopic (exact) mass is 751 g/mol. The summed E-state index contributed by atoms with van der Waals surface area (Å²) in [4.78, 5) is 36.2. The van der Waals surface area contributed by atoms with Gasteiger partial charge < -0.3 is 25.1 Å². The molecule has 6 rings (SSSR count). The van der Waals surface area contributed by atoms with E-state index >= 15 is 0 Å². The Morgan fingerprint density at radius 3 is 1.77 bits per heavy atom. The highest BCUT2D eigenvalue weighted by molar-refractivity contribution is 7.84. The van der Waals surface area contributed by atoms with Crippen LogP contribution in [0, 0.1) is 5.41 Å². The Hall–Kier alpha value is -4.52. The number of amides is 3. The Kier molecular flexibility index (Phi) is 23.1. The predicted molar refractivity (Wildman–Crippen MR) is 217 cm³/mol. The first-order valence-corrected chi connectivity index (χ1v) is 19.0. The fourth-order valence-electron chi connectivity index (χ4n) is 4.26. The van der Waals surface area contributed by atoms with Crippen molar-refractivity contribution in [2.45, 2.75) is 83.7 Å². The molecular formula is C41H61N5O6S. The molecule has 3 aromatic carbocycles. The van der Waals surface area contributed by atoms with Crippen LogP contribution in [0.2, 0.25) is 0 Å². The largest absolute Gasteiger partial charge is 0.497 e. The maximum absolute atomic E-state index is 10.6. The number of nitrogens with zero attached hydrogens (tertiary/aromatic N) is 2. The zero-order chi connectivity index (χ0) is 39.6. The van der Waals surface area contributed by atoms with Gasteiger partial charge in [-0.25, -0.2) is 4.21 Å². The maximum Gasteiger partial charge on any atom is 0.218 e. The Labute approximate surface area is 320 Å². The molecule has 3 aliphatic rings. The van der Waals surface area contributed by atoms with Crippen LogP contribution in [0.5, 0.6) is 5.75 Å². The summed E-state index contributed by atoms with van der Waals surface area (Å²) in [5.41, 5.74) is 3.91. The van der Waals surface area contributed by atoms with Gasteiger partial charge in [-0.2, -0.15) is 5.06 Å². The van der Waals surface area contributed by atoms with Crippen LogP contribution < -0.4 is 20.1 Å². The van der Waals surface area contributed by atoms with Gasteiger partial charge in [-0.1, -0.05) is 87.5 Å². The van der Waals surface area contributed by atoms with Crippen LogP contribution >= 0.6 is 0 Å². The molecule has 53 heavy (non-hydrogen) atoms. The van der Waals surface area contributed by atoms with Crippen LogP contribution in [0.1, 0.15) is 60.3 Å². The number of hydrogen-bond acceptors (Lipinski definition) is 8. The number of hydrogen-bond donors (Lipinski definition) is 3. The summed E-state index contributed by atoms with van der Waals surface area (Å²) in [6, 6.07) is 30.0. The van der Waals surface area contributed by atoms with Gasteiger partial charge in [0.05, 0.1) is 26.1 Å². The van der Waals surface area contributed by atoms with Gasteiger partial charge in [0, 0.05) is 36.4 Å². The third-order valence-electron chi connectivity index (χ3n) is 8.25. The predicted octanol–water partition coefficient (Wildman–Crippen LogP) is 6.82. The maximum atomic E-state index is 10.6. The van der Waals surface area contributed by atoms with Gasteiger partial charge in [0.25, 0.3) is 0 Å². The van der Waals surface area contributed by atoms with Gasteiger partial charge in [0.1, 0.15) is 16.7 Å². The van der Waals surface area contributed by atoms with Crippen molar-refractivity contribution in [2.75, 3.05) is 32.7 Å². The third-order valence-corrected chi connectivity index (χ3v) is 9.66. The van der Waals surface area contributed by atoms with Crippen molar-refractivity contribution >= 4 is 35.9 Å². The molecule has 1 saturated heterocycles.